The Morgan fingerprint density at radius 2 is 1.90 bits per heavy atom. The number of hydrogen-bond donors (Lipinski definition) is 3. The molecular weight excluding hydrogens is 404 g/mol. The number of rotatable bonds is 6. The Kier molecular flexibility index (Phi) is 5.89. The fourth-order valence-corrected chi connectivity index (χ4v) is 7.07. The highest BCUT2D eigenvalue weighted by atomic mass is 32.2. The summed E-state index contributed by atoms with van der Waals surface area (Å²) in [6.45, 7) is 5.64. The molecule has 7 atom stereocenters. The molecule has 2 amide bonds. The minimum absolute atomic E-state index is 0.00742. The minimum Gasteiger partial charge on any atom is -0.477 e. The molecule has 0 bridgehead atoms. The Morgan fingerprint density at radius 1 is 1.17 bits per heavy atom. The number of fused-ring (bicyclic) bond motifs is 1. The fourth-order valence-electron chi connectivity index (χ4n) is 5.55. The molecule has 3 fully saturated rings. The highest BCUT2D eigenvalue weighted by Crippen LogP contribution is 2.51. The van der Waals surface area contributed by atoms with Crippen molar-refractivity contribution in [1.29, 1.82) is 0 Å². The molecule has 9 heteroatoms. The monoisotopic (exact) mass is 436 g/mol. The lowest BCUT2D eigenvalue weighted by molar-refractivity contribution is -0.155. The number of likely N-dealkylation sites (N-methyl/N-ethyl adjacent to an activating group) is 1. The van der Waals surface area contributed by atoms with Crippen LogP contribution in [0.3, 0.4) is 0 Å². The molecule has 4 rings (SSSR count). The van der Waals surface area contributed by atoms with E-state index in [4.69, 9.17) is 0 Å². The van der Waals surface area contributed by atoms with Crippen molar-refractivity contribution >= 4 is 29.5 Å². The van der Waals surface area contributed by atoms with Gasteiger partial charge in [0.15, 0.2) is 0 Å². The first-order chi connectivity index (χ1) is 14.2. The highest BCUT2D eigenvalue weighted by molar-refractivity contribution is 8.03. The van der Waals surface area contributed by atoms with Gasteiger partial charge in [-0.2, -0.15) is 0 Å². The first-order valence-electron chi connectivity index (χ1n) is 10.8. The van der Waals surface area contributed by atoms with Gasteiger partial charge in [0.2, 0.25) is 11.8 Å². The van der Waals surface area contributed by atoms with Gasteiger partial charge in [0, 0.05) is 42.8 Å². The van der Waals surface area contributed by atoms with Crippen molar-refractivity contribution in [3.8, 4) is 0 Å². The van der Waals surface area contributed by atoms with Crippen LogP contribution < -0.4 is 10.6 Å². The second-order valence-corrected chi connectivity index (χ2v) is 10.7. The number of hydrogen-bond acceptors (Lipinski definition) is 6. The molecule has 166 valence electrons. The van der Waals surface area contributed by atoms with Crippen molar-refractivity contribution in [3.63, 3.8) is 0 Å². The largest absolute Gasteiger partial charge is 0.477 e. The smallest absolute Gasteiger partial charge is 0.353 e. The minimum atomic E-state index is -0.997. The van der Waals surface area contributed by atoms with Crippen LogP contribution >= 0.6 is 11.8 Å². The van der Waals surface area contributed by atoms with Gasteiger partial charge in [-0.15, -0.1) is 11.8 Å². The van der Waals surface area contributed by atoms with Crippen LogP contribution in [0.4, 0.5) is 0 Å². The topological polar surface area (TPSA) is 102 Å². The number of carbonyl (C=O) groups excluding carboxylic acids is 2. The van der Waals surface area contributed by atoms with E-state index in [0.29, 0.717) is 17.2 Å². The van der Waals surface area contributed by atoms with E-state index in [2.05, 4.69) is 10.6 Å². The van der Waals surface area contributed by atoms with Crippen LogP contribution in [0.2, 0.25) is 0 Å². The molecule has 0 radical (unpaired) electrons. The van der Waals surface area contributed by atoms with E-state index in [1.807, 2.05) is 13.8 Å². The molecular formula is C21H32N4O4S. The van der Waals surface area contributed by atoms with Gasteiger partial charge in [-0.25, -0.2) is 4.79 Å². The molecule has 8 nitrogen and oxygen atoms in total. The van der Waals surface area contributed by atoms with Crippen LogP contribution in [-0.2, 0) is 14.4 Å². The summed E-state index contributed by atoms with van der Waals surface area (Å²) in [4.78, 5) is 40.3. The van der Waals surface area contributed by atoms with Gasteiger partial charge in [-0.3, -0.25) is 9.59 Å². The van der Waals surface area contributed by atoms with Crippen LogP contribution in [0.25, 0.3) is 0 Å². The average molecular weight is 437 g/mol. The van der Waals surface area contributed by atoms with Crippen molar-refractivity contribution in [2.45, 2.75) is 56.5 Å². The Balaban J connectivity index is 1.34. The Bertz CT molecular complexity index is 785. The third kappa shape index (κ3) is 3.65. The molecule has 4 aliphatic rings. The van der Waals surface area contributed by atoms with Crippen molar-refractivity contribution < 1.29 is 19.5 Å². The molecule has 0 saturated carbocycles. The van der Waals surface area contributed by atoms with Crippen LogP contribution in [-0.4, -0.2) is 83.3 Å². The predicted molar refractivity (Wildman–Crippen MR) is 115 cm³/mol. The summed E-state index contributed by atoms with van der Waals surface area (Å²) in [5.41, 5.74) is 0.203. The van der Waals surface area contributed by atoms with Crippen LogP contribution in [0, 0.1) is 17.8 Å². The summed E-state index contributed by atoms with van der Waals surface area (Å²) in [7, 11) is 3.58. The predicted octanol–water partition coefficient (Wildman–Crippen LogP) is 0.699. The van der Waals surface area contributed by atoms with Crippen molar-refractivity contribution in [3.05, 3.63) is 10.6 Å². The van der Waals surface area contributed by atoms with E-state index in [9.17, 15) is 19.5 Å². The summed E-state index contributed by atoms with van der Waals surface area (Å²) < 4.78 is 0. The number of amides is 2. The zero-order valence-electron chi connectivity index (χ0n) is 18.1. The quantitative estimate of drug-likeness (QED) is 0.527. The zero-order valence-corrected chi connectivity index (χ0v) is 18.9. The van der Waals surface area contributed by atoms with Crippen molar-refractivity contribution in [1.82, 2.24) is 20.4 Å². The number of aliphatic carboxylic acids is 1. The maximum absolute atomic E-state index is 12.2. The number of β-lactam (4-membered cyclic amide) rings is 1. The van der Waals surface area contributed by atoms with E-state index < -0.39 is 5.97 Å². The second kappa shape index (κ2) is 8.16. The number of thioether (sulfide) groups is 1. The molecule has 0 aromatic rings. The van der Waals surface area contributed by atoms with E-state index in [-0.39, 0.29) is 41.4 Å². The van der Waals surface area contributed by atoms with Gasteiger partial charge in [-0.1, -0.05) is 13.8 Å². The summed E-state index contributed by atoms with van der Waals surface area (Å²) in [5.74, 6) is -0.484. The maximum atomic E-state index is 12.2. The summed E-state index contributed by atoms with van der Waals surface area (Å²) in [6.07, 6.45) is 2.87. The lowest BCUT2D eigenvalue weighted by atomic mass is 9.84. The molecule has 4 aliphatic heterocycles. The third-order valence-electron chi connectivity index (χ3n) is 7.09. The molecule has 0 aliphatic carbocycles. The number of nitrogens with zero attached hydrogens (tertiary/aromatic N) is 2. The SMILES string of the molecule is CC1C(=O)N2C(C(=O)O)=C(SC3CNC(CC4CNC(C(=O)N(C)C)C4)C3)C(C)C12. The molecule has 7 unspecified atom stereocenters. The average Bonchev–Trinajstić information content (AvgIpc) is 3.39. The van der Waals surface area contributed by atoms with Gasteiger partial charge in [0.25, 0.3) is 0 Å². The molecule has 4 heterocycles. The Hall–Kier alpha value is -1.58. The first kappa shape index (κ1) is 21.6. The number of carboxylic acid groups (broad SMARTS) is 1. The van der Waals surface area contributed by atoms with Crippen LogP contribution in [0.15, 0.2) is 10.6 Å². The van der Waals surface area contributed by atoms with Gasteiger partial charge in [0.1, 0.15) is 5.70 Å². The lowest BCUT2D eigenvalue weighted by Crippen LogP contribution is -2.59. The standard InChI is InChI=1S/C21H32N4O4S/c1-10-16-11(2)19(26)25(16)17(21(28)29)18(10)30-14-7-13(22-9-14)5-12-6-15(23-8-12)20(27)24(3)4/h10-16,22-23H,5-9H2,1-4H3,(H,28,29). The molecule has 0 spiro atoms. The molecule has 3 saturated heterocycles. The van der Waals surface area contributed by atoms with Gasteiger partial charge < -0.3 is 25.5 Å². The lowest BCUT2D eigenvalue weighted by Gasteiger charge is -2.43. The molecule has 3 N–H and O–H groups in total. The first-order valence-corrected chi connectivity index (χ1v) is 11.7. The second-order valence-electron chi connectivity index (χ2n) is 9.41. The Morgan fingerprint density at radius 3 is 2.57 bits per heavy atom. The van der Waals surface area contributed by atoms with E-state index >= 15 is 0 Å². The van der Waals surface area contributed by atoms with E-state index in [1.165, 1.54) is 4.90 Å². The number of carbonyl (C=O) groups is 3. The maximum Gasteiger partial charge on any atom is 0.353 e. The molecule has 0 aromatic heterocycles. The van der Waals surface area contributed by atoms with Gasteiger partial charge >= 0.3 is 5.97 Å². The fraction of sp³-hybridized carbons (Fsp3) is 0.762. The van der Waals surface area contributed by atoms with Crippen molar-refractivity contribution in [2.75, 3.05) is 27.2 Å². The summed E-state index contributed by atoms with van der Waals surface area (Å²) in [5, 5.41) is 17.0. The summed E-state index contributed by atoms with van der Waals surface area (Å²) in [6, 6.07) is 0.293. The van der Waals surface area contributed by atoms with Gasteiger partial charge in [0.05, 0.1) is 18.0 Å². The number of nitrogens with one attached hydrogen (secondary N) is 2. The molecule has 0 aromatic carbocycles. The zero-order chi connectivity index (χ0) is 21.7. The normalized spacial score (nSPS) is 38.1. The van der Waals surface area contributed by atoms with Crippen LogP contribution in [0.5, 0.6) is 0 Å². The Labute approximate surface area is 181 Å². The highest BCUT2D eigenvalue weighted by Gasteiger charge is 2.57. The summed E-state index contributed by atoms with van der Waals surface area (Å²) >= 11 is 1.65. The van der Waals surface area contributed by atoms with Gasteiger partial charge in [-0.05, 0) is 31.7 Å². The molecule has 30 heavy (non-hydrogen) atoms. The number of carboxylic acids is 1. The van der Waals surface area contributed by atoms with E-state index in [0.717, 1.165) is 37.3 Å². The third-order valence-corrected chi connectivity index (χ3v) is 8.61. The van der Waals surface area contributed by atoms with Crippen molar-refractivity contribution in [2.24, 2.45) is 17.8 Å². The van der Waals surface area contributed by atoms with E-state index in [1.54, 1.807) is 30.8 Å². The van der Waals surface area contributed by atoms with Crippen LogP contribution in [0.1, 0.15) is 33.1 Å².